The summed E-state index contributed by atoms with van der Waals surface area (Å²) in [5.41, 5.74) is 1.64. The lowest BCUT2D eigenvalue weighted by Gasteiger charge is -2.21. The van der Waals surface area contributed by atoms with Gasteiger partial charge in [0.05, 0.1) is 17.8 Å². The van der Waals surface area contributed by atoms with Gasteiger partial charge in [-0.3, -0.25) is 4.79 Å². The highest BCUT2D eigenvalue weighted by molar-refractivity contribution is 6.30. The van der Waals surface area contributed by atoms with Gasteiger partial charge in [0.15, 0.2) is 6.10 Å². The largest absolute Gasteiger partial charge is 0.479 e. The molecule has 0 saturated heterocycles. The molecule has 1 amide bonds. The number of hydrogen-bond acceptors (Lipinski definition) is 4. The number of aliphatic hydroxyl groups excluding tert-OH is 1. The van der Waals surface area contributed by atoms with Crippen molar-refractivity contribution in [1.82, 2.24) is 15.3 Å². The molecule has 4 N–H and O–H groups in total. The fourth-order valence-corrected chi connectivity index (χ4v) is 2.82. The summed E-state index contributed by atoms with van der Waals surface area (Å²) in [6.45, 7) is 0. The predicted molar refractivity (Wildman–Crippen MR) is 96.1 cm³/mol. The molecule has 2 aromatic heterocycles. The molecule has 1 aromatic carbocycles. The number of carbonyl (C=O) groups excluding carboxylic acids is 1. The fraction of sp³-hybridized carbons (Fsp3) is 0.167. The third kappa shape index (κ3) is 4.01. The average molecular weight is 374 g/mol. The van der Waals surface area contributed by atoms with Crippen molar-refractivity contribution in [3.8, 4) is 0 Å². The standard InChI is InChI=1S/C18H16ClN3O4/c19-15-8-11-7-13(21-14(11)9-20-15)17(24)22-12(16(23)18(25)26)6-10-4-2-1-3-5-10/h1-5,7-9,12,16,21,23H,6H2,(H,22,24)(H,25,26)/t12?,16-/m0/s1. The number of aromatic nitrogens is 2. The van der Waals surface area contributed by atoms with E-state index < -0.39 is 24.0 Å². The van der Waals surface area contributed by atoms with Crippen molar-refractivity contribution < 1.29 is 19.8 Å². The van der Waals surface area contributed by atoms with Crippen LogP contribution in [0.3, 0.4) is 0 Å². The minimum Gasteiger partial charge on any atom is -0.479 e. The number of aliphatic carboxylic acids is 1. The molecule has 3 aromatic rings. The first-order valence-corrected chi connectivity index (χ1v) is 8.22. The van der Waals surface area contributed by atoms with E-state index in [1.165, 1.54) is 6.20 Å². The van der Waals surface area contributed by atoms with E-state index in [0.29, 0.717) is 16.1 Å². The zero-order chi connectivity index (χ0) is 18.7. The molecule has 0 radical (unpaired) electrons. The number of nitrogens with zero attached hydrogens (tertiary/aromatic N) is 1. The van der Waals surface area contributed by atoms with E-state index in [1.54, 1.807) is 36.4 Å². The van der Waals surface area contributed by atoms with Gasteiger partial charge in [0.1, 0.15) is 10.8 Å². The van der Waals surface area contributed by atoms with Crippen LogP contribution in [0.4, 0.5) is 0 Å². The molecule has 2 atom stereocenters. The summed E-state index contributed by atoms with van der Waals surface area (Å²) in [5.74, 6) is -1.93. The first-order chi connectivity index (χ1) is 12.4. The van der Waals surface area contributed by atoms with E-state index in [2.05, 4.69) is 15.3 Å². The van der Waals surface area contributed by atoms with Gasteiger partial charge in [-0.05, 0) is 24.1 Å². The quantitative estimate of drug-likeness (QED) is 0.493. The zero-order valence-electron chi connectivity index (χ0n) is 13.5. The van der Waals surface area contributed by atoms with Gasteiger partial charge in [-0.25, -0.2) is 9.78 Å². The Labute approximate surface area is 153 Å². The number of carboxylic acid groups (broad SMARTS) is 1. The average Bonchev–Trinajstić information content (AvgIpc) is 3.04. The molecule has 26 heavy (non-hydrogen) atoms. The van der Waals surface area contributed by atoms with Gasteiger partial charge in [0, 0.05) is 5.39 Å². The van der Waals surface area contributed by atoms with Crippen molar-refractivity contribution in [1.29, 1.82) is 0 Å². The summed E-state index contributed by atoms with van der Waals surface area (Å²) >= 11 is 5.83. The van der Waals surface area contributed by atoms with E-state index in [9.17, 15) is 14.7 Å². The van der Waals surface area contributed by atoms with Crippen molar-refractivity contribution in [2.45, 2.75) is 18.6 Å². The Kier molecular flexibility index (Phi) is 5.20. The van der Waals surface area contributed by atoms with E-state index in [0.717, 1.165) is 5.56 Å². The van der Waals surface area contributed by atoms with Crippen LogP contribution in [-0.4, -0.2) is 44.2 Å². The number of pyridine rings is 1. The van der Waals surface area contributed by atoms with E-state index in [-0.39, 0.29) is 12.1 Å². The Balaban J connectivity index is 1.82. The number of nitrogens with one attached hydrogen (secondary N) is 2. The smallest absolute Gasteiger partial charge is 0.334 e. The van der Waals surface area contributed by atoms with Crippen LogP contribution in [0, 0.1) is 0 Å². The maximum absolute atomic E-state index is 12.5. The molecule has 0 aliphatic rings. The van der Waals surface area contributed by atoms with Gasteiger partial charge in [0.25, 0.3) is 5.91 Å². The Morgan fingerprint density at radius 1 is 1.23 bits per heavy atom. The van der Waals surface area contributed by atoms with Crippen molar-refractivity contribution >= 4 is 34.4 Å². The van der Waals surface area contributed by atoms with Crippen LogP contribution in [0.25, 0.3) is 10.9 Å². The first-order valence-electron chi connectivity index (χ1n) is 7.84. The predicted octanol–water partition coefficient (Wildman–Crippen LogP) is 2.00. The normalized spacial score (nSPS) is 13.3. The molecular formula is C18H16ClN3O4. The van der Waals surface area contributed by atoms with Crippen LogP contribution in [-0.2, 0) is 11.2 Å². The monoisotopic (exact) mass is 373 g/mol. The summed E-state index contributed by atoms with van der Waals surface area (Å²) < 4.78 is 0. The summed E-state index contributed by atoms with van der Waals surface area (Å²) in [6.07, 6.45) is -0.0602. The molecule has 2 heterocycles. The van der Waals surface area contributed by atoms with Crippen LogP contribution in [0.1, 0.15) is 16.1 Å². The van der Waals surface area contributed by atoms with Gasteiger partial charge in [0.2, 0.25) is 0 Å². The number of carbonyl (C=O) groups is 2. The highest BCUT2D eigenvalue weighted by atomic mass is 35.5. The number of benzene rings is 1. The van der Waals surface area contributed by atoms with Gasteiger partial charge >= 0.3 is 5.97 Å². The summed E-state index contributed by atoms with van der Waals surface area (Å²) in [7, 11) is 0. The van der Waals surface area contributed by atoms with E-state index in [4.69, 9.17) is 16.7 Å². The Hall–Kier alpha value is -2.90. The number of H-pyrrole nitrogens is 1. The Morgan fingerprint density at radius 3 is 2.65 bits per heavy atom. The molecule has 0 bridgehead atoms. The van der Waals surface area contributed by atoms with Crippen molar-refractivity contribution in [2.24, 2.45) is 0 Å². The van der Waals surface area contributed by atoms with Gasteiger partial charge < -0.3 is 20.5 Å². The molecule has 7 nitrogen and oxygen atoms in total. The number of carboxylic acids is 1. The second-order valence-electron chi connectivity index (χ2n) is 5.83. The highest BCUT2D eigenvalue weighted by Gasteiger charge is 2.28. The fourth-order valence-electron chi connectivity index (χ4n) is 2.65. The SMILES string of the molecule is O=C(NC(Cc1ccccc1)[C@H](O)C(=O)O)c1cc2cc(Cl)ncc2[nH]1. The van der Waals surface area contributed by atoms with Crippen LogP contribution < -0.4 is 5.32 Å². The molecule has 134 valence electrons. The van der Waals surface area contributed by atoms with Gasteiger partial charge in [-0.2, -0.15) is 0 Å². The van der Waals surface area contributed by atoms with E-state index >= 15 is 0 Å². The molecule has 0 aliphatic carbocycles. The molecular weight excluding hydrogens is 358 g/mol. The second kappa shape index (κ2) is 7.55. The van der Waals surface area contributed by atoms with Crippen LogP contribution in [0.5, 0.6) is 0 Å². The highest BCUT2D eigenvalue weighted by Crippen LogP contribution is 2.18. The number of halogens is 1. The third-order valence-electron chi connectivity index (χ3n) is 3.97. The topological polar surface area (TPSA) is 115 Å². The van der Waals surface area contributed by atoms with Gasteiger partial charge in [-0.15, -0.1) is 0 Å². The van der Waals surface area contributed by atoms with Crippen molar-refractivity contribution in [3.63, 3.8) is 0 Å². The molecule has 0 spiro atoms. The number of aromatic amines is 1. The van der Waals surface area contributed by atoms with Crippen molar-refractivity contribution in [3.05, 3.63) is 65.1 Å². The number of aliphatic hydroxyl groups is 1. The van der Waals surface area contributed by atoms with Gasteiger partial charge in [-0.1, -0.05) is 41.9 Å². The zero-order valence-corrected chi connectivity index (χ0v) is 14.3. The molecule has 0 fully saturated rings. The summed E-state index contributed by atoms with van der Waals surface area (Å²) in [6, 6.07) is 11.2. The number of fused-ring (bicyclic) bond motifs is 1. The summed E-state index contributed by atoms with van der Waals surface area (Å²) in [4.78, 5) is 30.6. The molecule has 3 rings (SSSR count). The number of amides is 1. The number of rotatable bonds is 6. The molecule has 0 saturated carbocycles. The van der Waals surface area contributed by atoms with Crippen LogP contribution in [0.15, 0.2) is 48.7 Å². The second-order valence-corrected chi connectivity index (χ2v) is 6.22. The minimum atomic E-state index is -1.74. The van der Waals surface area contributed by atoms with Crippen LogP contribution >= 0.6 is 11.6 Å². The first kappa shape index (κ1) is 17.9. The molecule has 1 unspecified atom stereocenters. The maximum atomic E-state index is 12.5. The van der Waals surface area contributed by atoms with E-state index in [1.807, 2.05) is 6.07 Å². The lowest BCUT2D eigenvalue weighted by atomic mass is 10.0. The molecule has 0 aliphatic heterocycles. The lowest BCUT2D eigenvalue weighted by molar-refractivity contribution is -0.148. The van der Waals surface area contributed by atoms with Crippen molar-refractivity contribution in [2.75, 3.05) is 0 Å². The molecule has 8 heteroatoms. The Bertz CT molecular complexity index is 942. The third-order valence-corrected chi connectivity index (χ3v) is 4.17. The Morgan fingerprint density at radius 2 is 1.96 bits per heavy atom. The minimum absolute atomic E-state index is 0.174. The van der Waals surface area contributed by atoms with Crippen LogP contribution in [0.2, 0.25) is 5.15 Å². The maximum Gasteiger partial charge on any atom is 0.334 e. The number of hydrogen-bond donors (Lipinski definition) is 4. The lowest BCUT2D eigenvalue weighted by Crippen LogP contribution is -2.48. The summed E-state index contributed by atoms with van der Waals surface area (Å²) in [5, 5.41) is 22.7.